The van der Waals surface area contributed by atoms with Crippen molar-refractivity contribution < 1.29 is 4.79 Å². The van der Waals surface area contributed by atoms with Crippen LogP contribution in [0.2, 0.25) is 0 Å². The second-order valence-corrected chi connectivity index (χ2v) is 5.04. The predicted molar refractivity (Wildman–Crippen MR) is 84.7 cm³/mol. The summed E-state index contributed by atoms with van der Waals surface area (Å²) in [5.74, 6) is 0. The Morgan fingerprint density at radius 3 is 2.73 bits per heavy atom. The lowest BCUT2D eigenvalue weighted by Gasteiger charge is -2.08. The van der Waals surface area contributed by atoms with Crippen molar-refractivity contribution in [2.45, 2.75) is 13.0 Å². The van der Waals surface area contributed by atoms with Crippen LogP contribution in [0.5, 0.6) is 0 Å². The lowest BCUT2D eigenvalue weighted by molar-refractivity contribution is 0.240. The van der Waals surface area contributed by atoms with Crippen molar-refractivity contribution in [3.8, 4) is 0 Å². The molecule has 2 aromatic heterocycles. The monoisotopic (exact) mass is 297 g/mol. The van der Waals surface area contributed by atoms with Crippen LogP contribution in [0.25, 0.3) is 5.65 Å². The van der Waals surface area contributed by atoms with Gasteiger partial charge in [0.15, 0.2) is 0 Å². The summed E-state index contributed by atoms with van der Waals surface area (Å²) in [6.45, 7) is 1.92. The summed E-state index contributed by atoms with van der Waals surface area (Å²) in [7, 11) is 0. The van der Waals surface area contributed by atoms with Gasteiger partial charge in [-0.3, -0.25) is 0 Å². The third-order valence-electron chi connectivity index (χ3n) is 3.51. The largest absolute Gasteiger partial charge is 0.338 e. The van der Waals surface area contributed by atoms with Crippen LogP contribution in [0.4, 0.5) is 4.79 Å². The van der Waals surface area contributed by atoms with E-state index in [1.54, 1.807) is 10.7 Å². The Bertz CT molecular complexity index is 731. The van der Waals surface area contributed by atoms with Crippen LogP contribution in [-0.2, 0) is 13.0 Å². The average Bonchev–Trinajstić information content (AvgIpc) is 3.13. The predicted octanol–water partition coefficient (Wildman–Crippen LogP) is 1.68. The van der Waals surface area contributed by atoms with Gasteiger partial charge in [0.2, 0.25) is 0 Å². The van der Waals surface area contributed by atoms with Gasteiger partial charge in [0, 0.05) is 38.1 Å². The number of carbonyl (C=O) groups is 1. The Kier molecular flexibility index (Phi) is 4.38. The minimum atomic E-state index is -0.132. The van der Waals surface area contributed by atoms with E-state index in [2.05, 4.69) is 32.4 Å². The van der Waals surface area contributed by atoms with Crippen molar-refractivity contribution in [1.29, 1.82) is 0 Å². The summed E-state index contributed by atoms with van der Waals surface area (Å²) in [5.41, 5.74) is 2.24. The van der Waals surface area contributed by atoms with Crippen LogP contribution in [0.15, 0.2) is 55.0 Å². The molecular weight excluding hydrogens is 278 g/mol. The molecule has 0 unspecified atom stereocenters. The fourth-order valence-corrected chi connectivity index (χ4v) is 2.38. The quantitative estimate of drug-likeness (QED) is 0.727. The minimum Gasteiger partial charge on any atom is -0.338 e. The fourth-order valence-electron chi connectivity index (χ4n) is 2.38. The molecule has 0 atom stereocenters. The number of urea groups is 1. The maximum atomic E-state index is 11.7. The molecule has 0 bridgehead atoms. The van der Waals surface area contributed by atoms with Gasteiger partial charge in [0.1, 0.15) is 5.65 Å². The zero-order valence-electron chi connectivity index (χ0n) is 12.3. The van der Waals surface area contributed by atoms with Crippen LogP contribution in [0.1, 0.15) is 5.56 Å². The SMILES string of the molecule is O=C(NCCc1ccccc1)NCCn1ccn2nccc12. The van der Waals surface area contributed by atoms with E-state index in [9.17, 15) is 4.79 Å². The number of rotatable bonds is 6. The zero-order valence-corrected chi connectivity index (χ0v) is 12.3. The van der Waals surface area contributed by atoms with Crippen LogP contribution < -0.4 is 10.6 Å². The molecule has 0 fully saturated rings. The molecule has 0 aliphatic rings. The molecule has 114 valence electrons. The Morgan fingerprint density at radius 2 is 1.86 bits per heavy atom. The van der Waals surface area contributed by atoms with Gasteiger partial charge in [0.25, 0.3) is 0 Å². The molecular formula is C16H19N5O. The summed E-state index contributed by atoms with van der Waals surface area (Å²) >= 11 is 0. The number of fused-ring (bicyclic) bond motifs is 1. The smallest absolute Gasteiger partial charge is 0.314 e. The highest BCUT2D eigenvalue weighted by atomic mass is 16.2. The van der Waals surface area contributed by atoms with Crippen LogP contribution in [-0.4, -0.2) is 33.3 Å². The standard InChI is InChI=1S/C16H19N5O/c22-16(17-8-6-14-4-2-1-3-5-14)18-10-11-20-12-13-21-15(20)7-9-19-21/h1-5,7,9,12-13H,6,8,10-11H2,(H2,17,18,22). The van der Waals surface area contributed by atoms with Gasteiger partial charge < -0.3 is 15.2 Å². The summed E-state index contributed by atoms with van der Waals surface area (Å²) in [4.78, 5) is 11.7. The fraction of sp³-hybridized carbons (Fsp3) is 0.250. The summed E-state index contributed by atoms with van der Waals surface area (Å²) < 4.78 is 3.86. The van der Waals surface area contributed by atoms with Gasteiger partial charge in [-0.25, -0.2) is 9.31 Å². The van der Waals surface area contributed by atoms with E-state index in [0.717, 1.165) is 12.1 Å². The van der Waals surface area contributed by atoms with Gasteiger partial charge in [0.05, 0.1) is 6.20 Å². The van der Waals surface area contributed by atoms with Crippen molar-refractivity contribution in [2.24, 2.45) is 0 Å². The van der Waals surface area contributed by atoms with Crippen LogP contribution >= 0.6 is 0 Å². The Labute approximate surface area is 128 Å². The van der Waals surface area contributed by atoms with E-state index >= 15 is 0 Å². The molecule has 2 N–H and O–H groups in total. The summed E-state index contributed by atoms with van der Waals surface area (Å²) in [5, 5.41) is 9.88. The van der Waals surface area contributed by atoms with Crippen molar-refractivity contribution in [2.75, 3.05) is 13.1 Å². The average molecular weight is 297 g/mol. The number of benzene rings is 1. The van der Waals surface area contributed by atoms with E-state index < -0.39 is 0 Å². The lowest BCUT2D eigenvalue weighted by atomic mass is 10.1. The van der Waals surface area contributed by atoms with Gasteiger partial charge in [-0.15, -0.1) is 0 Å². The molecule has 6 nitrogen and oxygen atoms in total. The van der Waals surface area contributed by atoms with E-state index in [-0.39, 0.29) is 6.03 Å². The molecule has 22 heavy (non-hydrogen) atoms. The molecule has 0 aliphatic carbocycles. The van der Waals surface area contributed by atoms with Gasteiger partial charge in [-0.1, -0.05) is 30.3 Å². The molecule has 0 saturated heterocycles. The molecule has 1 aromatic carbocycles. The molecule has 6 heteroatoms. The van der Waals surface area contributed by atoms with E-state index in [1.807, 2.05) is 36.7 Å². The second-order valence-electron chi connectivity index (χ2n) is 5.04. The molecule has 2 amide bonds. The number of carbonyl (C=O) groups excluding carboxylic acids is 1. The molecule has 0 radical (unpaired) electrons. The van der Waals surface area contributed by atoms with Crippen molar-refractivity contribution in [3.63, 3.8) is 0 Å². The number of nitrogens with one attached hydrogen (secondary N) is 2. The number of nitrogens with zero attached hydrogens (tertiary/aromatic N) is 3. The molecule has 2 heterocycles. The molecule has 0 aliphatic heterocycles. The maximum absolute atomic E-state index is 11.7. The van der Waals surface area contributed by atoms with E-state index in [1.165, 1.54) is 5.56 Å². The Morgan fingerprint density at radius 1 is 1.05 bits per heavy atom. The second kappa shape index (κ2) is 6.80. The minimum absolute atomic E-state index is 0.132. The molecule has 0 spiro atoms. The Balaban J connectivity index is 1.37. The lowest BCUT2D eigenvalue weighted by Crippen LogP contribution is -2.38. The van der Waals surface area contributed by atoms with E-state index in [0.29, 0.717) is 19.6 Å². The summed E-state index contributed by atoms with van der Waals surface area (Å²) in [6.07, 6.45) is 6.45. The topological polar surface area (TPSA) is 63.4 Å². The molecule has 0 saturated carbocycles. The molecule has 3 rings (SSSR count). The van der Waals surface area contributed by atoms with Crippen molar-refractivity contribution in [1.82, 2.24) is 24.8 Å². The van der Waals surface area contributed by atoms with Crippen LogP contribution in [0, 0.1) is 0 Å². The summed E-state index contributed by atoms with van der Waals surface area (Å²) in [6, 6.07) is 11.9. The first-order valence-corrected chi connectivity index (χ1v) is 7.37. The van der Waals surface area contributed by atoms with Gasteiger partial charge in [-0.2, -0.15) is 5.10 Å². The van der Waals surface area contributed by atoms with Crippen molar-refractivity contribution >= 4 is 11.7 Å². The first-order chi connectivity index (χ1) is 10.8. The third kappa shape index (κ3) is 3.46. The van der Waals surface area contributed by atoms with E-state index in [4.69, 9.17) is 0 Å². The van der Waals surface area contributed by atoms with Gasteiger partial charge >= 0.3 is 6.03 Å². The maximum Gasteiger partial charge on any atom is 0.314 e. The number of aromatic nitrogens is 3. The number of amides is 2. The van der Waals surface area contributed by atoms with Crippen LogP contribution in [0.3, 0.4) is 0 Å². The first-order valence-electron chi connectivity index (χ1n) is 7.37. The molecule has 3 aromatic rings. The first kappa shape index (κ1) is 14.2. The highest BCUT2D eigenvalue weighted by Gasteiger charge is 2.02. The highest BCUT2D eigenvalue weighted by Crippen LogP contribution is 2.02. The number of hydrogen-bond acceptors (Lipinski definition) is 2. The van der Waals surface area contributed by atoms with Gasteiger partial charge in [-0.05, 0) is 12.0 Å². The highest BCUT2D eigenvalue weighted by molar-refractivity contribution is 5.73. The van der Waals surface area contributed by atoms with Crippen molar-refractivity contribution in [3.05, 3.63) is 60.6 Å². The normalized spacial score (nSPS) is 10.7. The number of imidazole rings is 1. The number of hydrogen-bond donors (Lipinski definition) is 2. The Hall–Kier alpha value is -2.76. The zero-order chi connectivity index (χ0) is 15.2. The third-order valence-corrected chi connectivity index (χ3v) is 3.51.